The van der Waals surface area contributed by atoms with Gasteiger partial charge in [-0.15, -0.1) is 0 Å². The first kappa shape index (κ1) is 8.97. The van der Waals surface area contributed by atoms with Gasteiger partial charge in [0, 0.05) is 5.56 Å². The van der Waals surface area contributed by atoms with Gasteiger partial charge in [-0.2, -0.15) is 0 Å². The molecule has 3 heteroatoms. The van der Waals surface area contributed by atoms with E-state index in [4.69, 9.17) is 4.74 Å². The van der Waals surface area contributed by atoms with Gasteiger partial charge in [0.15, 0.2) is 5.76 Å². The summed E-state index contributed by atoms with van der Waals surface area (Å²) in [5, 5.41) is 0. The predicted molar refractivity (Wildman–Crippen MR) is 52.6 cm³/mol. The van der Waals surface area contributed by atoms with Crippen LogP contribution in [0.15, 0.2) is 30.5 Å². The van der Waals surface area contributed by atoms with E-state index in [1.165, 1.54) is 0 Å². The molecule has 0 amide bonds. The Morgan fingerprint density at radius 1 is 1.21 bits per heavy atom. The highest BCUT2D eigenvalue weighted by Crippen LogP contribution is 2.27. The van der Waals surface area contributed by atoms with Crippen LogP contribution in [0.5, 0.6) is 0 Å². The van der Waals surface area contributed by atoms with Crippen molar-refractivity contribution in [3.8, 4) is 0 Å². The van der Waals surface area contributed by atoms with E-state index in [2.05, 4.69) is 0 Å². The Morgan fingerprint density at radius 2 is 1.86 bits per heavy atom. The Kier molecular flexibility index (Phi) is 2.09. The van der Waals surface area contributed by atoms with Crippen LogP contribution in [0.2, 0.25) is 0 Å². The van der Waals surface area contributed by atoms with Crippen LogP contribution in [-0.2, 0) is 4.74 Å². The van der Waals surface area contributed by atoms with E-state index in [1.807, 2.05) is 38.5 Å². The van der Waals surface area contributed by atoms with Crippen molar-refractivity contribution >= 4 is 11.7 Å². The number of hydrogen-bond acceptors (Lipinski definition) is 2. The molecule has 72 valence electrons. The minimum Gasteiger partial charge on any atom is -0.417 e. The number of ether oxygens (including phenoxy) is 1. The fourth-order valence-corrected chi connectivity index (χ4v) is 1.46. The first-order valence-electron chi connectivity index (χ1n) is 4.52. The van der Waals surface area contributed by atoms with Crippen LogP contribution < -0.4 is 4.90 Å². The maximum Gasteiger partial charge on any atom is 0.344 e. The normalized spacial score (nSPS) is 17.4. The van der Waals surface area contributed by atoms with Crippen molar-refractivity contribution in [1.29, 1.82) is 0 Å². The van der Waals surface area contributed by atoms with Gasteiger partial charge < -0.3 is 9.64 Å². The van der Waals surface area contributed by atoms with E-state index in [0.29, 0.717) is 11.3 Å². The molecule has 14 heavy (non-hydrogen) atoms. The number of carbonyl (C=O) groups excluding carboxylic acids is 1. The summed E-state index contributed by atoms with van der Waals surface area (Å²) in [5.74, 6) is 0.402. The lowest BCUT2D eigenvalue weighted by molar-refractivity contribution is -0.801. The molecule has 3 nitrogen and oxygen atoms in total. The number of nitrogens with one attached hydrogen (secondary N) is 1. The van der Waals surface area contributed by atoms with E-state index in [9.17, 15) is 4.79 Å². The van der Waals surface area contributed by atoms with Crippen LogP contribution >= 0.6 is 0 Å². The zero-order valence-corrected chi connectivity index (χ0v) is 8.20. The third kappa shape index (κ3) is 1.42. The molecule has 1 aromatic rings. The van der Waals surface area contributed by atoms with Gasteiger partial charge in [0.2, 0.25) is 0 Å². The number of cyclic esters (lactones) is 1. The minimum absolute atomic E-state index is 0.256. The molecule has 0 spiro atoms. The molecular formula is C11H12NO2+. The number of benzene rings is 1. The van der Waals surface area contributed by atoms with Crippen LogP contribution in [0.1, 0.15) is 15.9 Å². The Morgan fingerprint density at radius 3 is 2.50 bits per heavy atom. The van der Waals surface area contributed by atoms with Gasteiger partial charge in [0.05, 0.1) is 19.7 Å². The minimum atomic E-state index is -0.256. The Balaban J connectivity index is 2.49. The van der Waals surface area contributed by atoms with Crippen molar-refractivity contribution in [3.63, 3.8) is 0 Å². The molecule has 0 fully saturated rings. The molecule has 0 aliphatic carbocycles. The van der Waals surface area contributed by atoms with E-state index in [1.54, 1.807) is 6.07 Å². The Labute approximate surface area is 82.6 Å². The predicted octanol–water partition coefficient (Wildman–Crippen LogP) is 0.300. The van der Waals surface area contributed by atoms with Gasteiger partial charge in [-0.1, -0.05) is 18.2 Å². The fraction of sp³-hybridized carbons (Fsp3) is 0.182. The monoisotopic (exact) mass is 190 g/mol. The molecule has 0 saturated heterocycles. The number of carbonyl (C=O) groups is 1. The molecule has 1 aliphatic heterocycles. The largest absolute Gasteiger partial charge is 0.417 e. The lowest BCUT2D eigenvalue weighted by Crippen LogP contribution is -3.00. The van der Waals surface area contributed by atoms with Crippen LogP contribution in [0.25, 0.3) is 5.76 Å². The summed E-state index contributed by atoms with van der Waals surface area (Å²) >= 11 is 0. The summed E-state index contributed by atoms with van der Waals surface area (Å²) in [6.07, 6.45) is 1.88. The zero-order chi connectivity index (χ0) is 10.1. The van der Waals surface area contributed by atoms with Gasteiger partial charge in [-0.25, -0.2) is 4.79 Å². The van der Waals surface area contributed by atoms with Crippen molar-refractivity contribution in [2.75, 3.05) is 14.1 Å². The van der Waals surface area contributed by atoms with E-state index in [0.717, 1.165) is 10.5 Å². The number of rotatable bonds is 1. The smallest absolute Gasteiger partial charge is 0.344 e. The topological polar surface area (TPSA) is 30.7 Å². The second-order valence-electron chi connectivity index (χ2n) is 3.52. The summed E-state index contributed by atoms with van der Waals surface area (Å²) in [4.78, 5) is 12.5. The lowest BCUT2D eigenvalue weighted by atomic mass is 10.1. The third-order valence-electron chi connectivity index (χ3n) is 2.03. The summed E-state index contributed by atoms with van der Waals surface area (Å²) in [7, 11) is 3.95. The van der Waals surface area contributed by atoms with Crippen LogP contribution in [0.4, 0.5) is 0 Å². The molecule has 0 saturated carbocycles. The molecular weight excluding hydrogens is 178 g/mol. The number of hydrogen-bond donors (Lipinski definition) is 1. The summed E-state index contributed by atoms with van der Waals surface area (Å²) in [6, 6.07) is 7.42. The van der Waals surface area contributed by atoms with Crippen LogP contribution in [0, 0.1) is 0 Å². The fourth-order valence-electron chi connectivity index (χ4n) is 1.46. The standard InChI is InChI=1S/C11H11NO2/c1-12(2)7-10-8-5-3-4-6-9(8)11(13)14-10/h3-7H,1-2H3/p+1/b10-7-. The molecule has 0 aromatic heterocycles. The highest BCUT2D eigenvalue weighted by atomic mass is 16.5. The van der Waals surface area contributed by atoms with Gasteiger partial charge in [-0.3, -0.25) is 0 Å². The molecule has 0 unspecified atom stereocenters. The van der Waals surface area contributed by atoms with E-state index in [-0.39, 0.29) is 5.97 Å². The lowest BCUT2D eigenvalue weighted by Gasteiger charge is -2.00. The SMILES string of the molecule is C[NH+](C)/C=C1\OC(=O)c2ccccc21. The average Bonchev–Trinajstić information content (AvgIpc) is 2.44. The van der Waals surface area contributed by atoms with Crippen LogP contribution in [-0.4, -0.2) is 20.1 Å². The summed E-state index contributed by atoms with van der Waals surface area (Å²) in [6.45, 7) is 0. The average molecular weight is 190 g/mol. The molecule has 1 aliphatic rings. The zero-order valence-electron chi connectivity index (χ0n) is 8.20. The summed E-state index contributed by atoms with van der Waals surface area (Å²) in [5.41, 5.74) is 1.54. The van der Waals surface area contributed by atoms with Crippen LogP contribution in [0.3, 0.4) is 0 Å². The van der Waals surface area contributed by atoms with E-state index < -0.39 is 0 Å². The first-order valence-corrected chi connectivity index (χ1v) is 4.52. The van der Waals surface area contributed by atoms with Gasteiger partial charge in [-0.05, 0) is 6.07 Å². The summed E-state index contributed by atoms with van der Waals surface area (Å²) < 4.78 is 5.14. The highest BCUT2D eigenvalue weighted by molar-refractivity contribution is 6.02. The Bertz CT molecular complexity index is 408. The van der Waals surface area contributed by atoms with Crippen molar-refractivity contribution in [1.82, 2.24) is 0 Å². The molecule has 1 aromatic carbocycles. The third-order valence-corrected chi connectivity index (χ3v) is 2.03. The molecule has 2 rings (SSSR count). The maximum absolute atomic E-state index is 11.4. The second-order valence-corrected chi connectivity index (χ2v) is 3.52. The van der Waals surface area contributed by atoms with E-state index >= 15 is 0 Å². The van der Waals surface area contributed by atoms with Crippen molar-refractivity contribution in [2.45, 2.75) is 0 Å². The highest BCUT2D eigenvalue weighted by Gasteiger charge is 2.26. The Hall–Kier alpha value is -1.61. The molecule has 0 bridgehead atoms. The molecule has 0 atom stereocenters. The molecule has 0 radical (unpaired) electrons. The molecule has 1 heterocycles. The van der Waals surface area contributed by atoms with Crippen molar-refractivity contribution < 1.29 is 14.4 Å². The quantitative estimate of drug-likeness (QED) is 0.646. The van der Waals surface area contributed by atoms with Gasteiger partial charge >= 0.3 is 5.97 Å². The molecule has 1 N–H and O–H groups in total. The van der Waals surface area contributed by atoms with Gasteiger partial charge in [0.1, 0.15) is 6.20 Å². The number of quaternary nitrogens is 1. The van der Waals surface area contributed by atoms with Gasteiger partial charge in [0.25, 0.3) is 0 Å². The number of esters is 1. The maximum atomic E-state index is 11.4. The van der Waals surface area contributed by atoms with Crippen molar-refractivity contribution in [3.05, 3.63) is 41.6 Å². The first-order chi connectivity index (χ1) is 6.68. The number of fused-ring (bicyclic) bond motifs is 1. The second kappa shape index (κ2) is 3.27. The van der Waals surface area contributed by atoms with Crippen molar-refractivity contribution in [2.24, 2.45) is 0 Å².